The summed E-state index contributed by atoms with van der Waals surface area (Å²) in [6.45, 7) is 1.63. The summed E-state index contributed by atoms with van der Waals surface area (Å²) in [5.41, 5.74) is 3.72. The molecule has 20 heavy (non-hydrogen) atoms. The number of nitrogens with two attached hydrogens (primary N) is 1. The van der Waals surface area contributed by atoms with E-state index in [-0.39, 0.29) is 11.4 Å². The normalized spacial score (nSPS) is 12.8. The molecule has 0 bridgehead atoms. The van der Waals surface area contributed by atoms with Gasteiger partial charge in [-0.25, -0.2) is 4.39 Å². The number of amides is 1. The minimum absolute atomic E-state index is 0.0996. The van der Waals surface area contributed by atoms with Gasteiger partial charge < -0.3 is 11.1 Å². The van der Waals surface area contributed by atoms with Gasteiger partial charge >= 0.3 is 6.18 Å². The molecule has 1 aromatic carbocycles. The quantitative estimate of drug-likeness (QED) is 0.664. The van der Waals surface area contributed by atoms with Gasteiger partial charge in [0.2, 0.25) is 5.91 Å². The van der Waals surface area contributed by atoms with Crippen LogP contribution in [-0.2, 0) is 11.0 Å². The van der Waals surface area contributed by atoms with Crippen LogP contribution >= 0.6 is 12.2 Å². The van der Waals surface area contributed by atoms with Crippen molar-refractivity contribution in [2.75, 3.05) is 5.32 Å². The number of benzene rings is 1. The summed E-state index contributed by atoms with van der Waals surface area (Å²) in [6, 6.07) is 1.76. The SMILES string of the molecule is CCC(C(=O)Nc1cc(C(F)(F)F)ccc1F)C(N)=S. The maximum absolute atomic E-state index is 13.4. The Balaban J connectivity index is 3.03. The van der Waals surface area contributed by atoms with E-state index in [1.165, 1.54) is 0 Å². The summed E-state index contributed by atoms with van der Waals surface area (Å²) in [7, 11) is 0. The molecule has 0 aliphatic carbocycles. The first-order valence-corrected chi connectivity index (χ1v) is 6.04. The van der Waals surface area contributed by atoms with Crippen molar-refractivity contribution in [2.24, 2.45) is 11.7 Å². The fourth-order valence-electron chi connectivity index (χ4n) is 1.53. The third kappa shape index (κ3) is 3.89. The summed E-state index contributed by atoms with van der Waals surface area (Å²) < 4.78 is 51.0. The van der Waals surface area contributed by atoms with E-state index in [2.05, 4.69) is 17.5 Å². The first-order chi connectivity index (χ1) is 9.16. The van der Waals surface area contributed by atoms with E-state index >= 15 is 0 Å². The lowest BCUT2D eigenvalue weighted by atomic mass is 10.1. The molecule has 0 aromatic heterocycles. The highest BCUT2D eigenvalue weighted by atomic mass is 32.1. The monoisotopic (exact) mass is 308 g/mol. The van der Waals surface area contributed by atoms with Gasteiger partial charge in [-0.1, -0.05) is 19.1 Å². The number of anilines is 1. The minimum atomic E-state index is -4.62. The first-order valence-electron chi connectivity index (χ1n) is 5.63. The number of carbonyl (C=O) groups excluding carboxylic acids is 1. The highest BCUT2D eigenvalue weighted by Crippen LogP contribution is 2.31. The summed E-state index contributed by atoms with van der Waals surface area (Å²) in [4.78, 5) is 11.7. The molecule has 0 radical (unpaired) electrons. The second kappa shape index (κ2) is 6.17. The van der Waals surface area contributed by atoms with Crippen LogP contribution in [0.5, 0.6) is 0 Å². The van der Waals surface area contributed by atoms with E-state index < -0.39 is 35.1 Å². The van der Waals surface area contributed by atoms with Crippen molar-refractivity contribution in [1.82, 2.24) is 0 Å². The molecule has 1 unspecified atom stereocenters. The van der Waals surface area contributed by atoms with Gasteiger partial charge in [-0.3, -0.25) is 4.79 Å². The van der Waals surface area contributed by atoms with Gasteiger partial charge in [-0.05, 0) is 24.6 Å². The van der Waals surface area contributed by atoms with E-state index in [0.717, 1.165) is 0 Å². The summed E-state index contributed by atoms with van der Waals surface area (Å²) in [5, 5.41) is 2.07. The Morgan fingerprint density at radius 1 is 1.45 bits per heavy atom. The molecule has 8 heteroatoms. The highest BCUT2D eigenvalue weighted by molar-refractivity contribution is 7.80. The van der Waals surface area contributed by atoms with Crippen molar-refractivity contribution < 1.29 is 22.4 Å². The molecular weight excluding hydrogens is 296 g/mol. The topological polar surface area (TPSA) is 55.1 Å². The summed E-state index contributed by atoms with van der Waals surface area (Å²) in [6.07, 6.45) is -4.36. The fraction of sp³-hybridized carbons (Fsp3) is 0.333. The maximum atomic E-state index is 13.4. The largest absolute Gasteiger partial charge is 0.416 e. The molecule has 1 rings (SSSR count). The first kappa shape index (κ1) is 16.4. The van der Waals surface area contributed by atoms with Gasteiger partial charge in [0.1, 0.15) is 5.82 Å². The average molecular weight is 308 g/mol. The summed E-state index contributed by atoms with van der Waals surface area (Å²) in [5.74, 6) is -2.57. The second-order valence-electron chi connectivity index (χ2n) is 4.04. The van der Waals surface area contributed by atoms with Gasteiger partial charge in [0.15, 0.2) is 0 Å². The van der Waals surface area contributed by atoms with Crippen LogP contribution in [-0.4, -0.2) is 10.9 Å². The Morgan fingerprint density at radius 2 is 2.05 bits per heavy atom. The van der Waals surface area contributed by atoms with E-state index in [1.807, 2.05) is 0 Å². The molecule has 0 spiro atoms. The third-order valence-electron chi connectivity index (χ3n) is 2.62. The Morgan fingerprint density at radius 3 is 2.50 bits per heavy atom. The van der Waals surface area contributed by atoms with E-state index in [9.17, 15) is 22.4 Å². The molecule has 3 N–H and O–H groups in total. The van der Waals surface area contributed by atoms with Crippen LogP contribution in [0.3, 0.4) is 0 Å². The van der Waals surface area contributed by atoms with Crippen LogP contribution in [0.2, 0.25) is 0 Å². The molecule has 0 saturated heterocycles. The molecule has 0 aliphatic heterocycles. The fourth-order valence-corrected chi connectivity index (χ4v) is 1.81. The minimum Gasteiger partial charge on any atom is -0.393 e. The maximum Gasteiger partial charge on any atom is 0.416 e. The Kier molecular flexibility index (Phi) is 5.04. The predicted molar refractivity (Wildman–Crippen MR) is 70.6 cm³/mol. The van der Waals surface area contributed by atoms with Crippen LogP contribution in [0.1, 0.15) is 18.9 Å². The zero-order valence-corrected chi connectivity index (χ0v) is 11.2. The molecule has 3 nitrogen and oxygen atoms in total. The Bertz CT molecular complexity index is 531. The molecule has 1 atom stereocenters. The van der Waals surface area contributed by atoms with Gasteiger partial charge in [0.25, 0.3) is 0 Å². The number of alkyl halides is 3. The lowest BCUT2D eigenvalue weighted by molar-refractivity contribution is -0.137. The van der Waals surface area contributed by atoms with Crippen molar-refractivity contribution in [2.45, 2.75) is 19.5 Å². The molecular formula is C12H12F4N2OS. The molecule has 1 amide bonds. The van der Waals surface area contributed by atoms with Crippen LogP contribution in [0.4, 0.5) is 23.2 Å². The number of hydrogen-bond donors (Lipinski definition) is 2. The molecule has 0 heterocycles. The zero-order chi connectivity index (χ0) is 15.5. The van der Waals surface area contributed by atoms with Crippen molar-refractivity contribution in [3.8, 4) is 0 Å². The van der Waals surface area contributed by atoms with Crippen molar-refractivity contribution in [1.29, 1.82) is 0 Å². The predicted octanol–water partition coefficient (Wildman–Crippen LogP) is 3.10. The molecule has 110 valence electrons. The average Bonchev–Trinajstić information content (AvgIpc) is 2.30. The van der Waals surface area contributed by atoms with Gasteiger partial charge in [-0.15, -0.1) is 0 Å². The standard InChI is InChI=1S/C12H12F4N2OS/c1-2-7(10(17)20)11(19)18-9-5-6(12(14,15)16)3-4-8(9)13/h3-5,7H,2H2,1H3,(H2,17,20)(H,18,19). The van der Waals surface area contributed by atoms with E-state index in [4.69, 9.17) is 5.73 Å². The van der Waals surface area contributed by atoms with E-state index in [0.29, 0.717) is 18.2 Å². The van der Waals surface area contributed by atoms with Crippen molar-refractivity contribution in [3.63, 3.8) is 0 Å². The van der Waals surface area contributed by atoms with Crippen molar-refractivity contribution >= 4 is 28.8 Å². The van der Waals surface area contributed by atoms with Crippen LogP contribution < -0.4 is 11.1 Å². The van der Waals surface area contributed by atoms with Gasteiger partial charge in [0.05, 0.1) is 22.2 Å². The number of carbonyl (C=O) groups is 1. The van der Waals surface area contributed by atoms with Gasteiger partial charge in [0, 0.05) is 0 Å². The van der Waals surface area contributed by atoms with Crippen LogP contribution in [0, 0.1) is 11.7 Å². The number of nitrogens with one attached hydrogen (secondary N) is 1. The smallest absolute Gasteiger partial charge is 0.393 e. The van der Waals surface area contributed by atoms with E-state index in [1.54, 1.807) is 6.92 Å². The number of hydrogen-bond acceptors (Lipinski definition) is 2. The Labute approximate surface area is 118 Å². The van der Waals surface area contributed by atoms with Gasteiger partial charge in [-0.2, -0.15) is 13.2 Å². The lowest BCUT2D eigenvalue weighted by Crippen LogP contribution is -2.33. The highest BCUT2D eigenvalue weighted by Gasteiger charge is 2.31. The summed E-state index contributed by atoms with van der Waals surface area (Å²) >= 11 is 4.67. The lowest BCUT2D eigenvalue weighted by Gasteiger charge is -2.15. The number of rotatable bonds is 4. The number of halogens is 4. The van der Waals surface area contributed by atoms with Crippen LogP contribution in [0.25, 0.3) is 0 Å². The molecule has 0 saturated carbocycles. The zero-order valence-electron chi connectivity index (χ0n) is 10.4. The third-order valence-corrected chi connectivity index (χ3v) is 2.90. The van der Waals surface area contributed by atoms with Crippen molar-refractivity contribution in [3.05, 3.63) is 29.6 Å². The molecule has 1 aromatic rings. The molecule has 0 fully saturated rings. The van der Waals surface area contributed by atoms with Crippen LogP contribution in [0.15, 0.2) is 18.2 Å². The number of thiocarbonyl (C=S) groups is 1. The Hall–Kier alpha value is -1.70. The molecule has 0 aliphatic rings. The second-order valence-corrected chi connectivity index (χ2v) is 4.52.